The van der Waals surface area contributed by atoms with E-state index in [1.54, 1.807) is 0 Å². The molecule has 0 saturated carbocycles. The summed E-state index contributed by atoms with van der Waals surface area (Å²) in [6.45, 7) is 0.449. The van der Waals surface area contributed by atoms with E-state index in [2.05, 4.69) is 126 Å². The lowest BCUT2D eigenvalue weighted by atomic mass is 9.99. The van der Waals surface area contributed by atoms with Crippen LogP contribution >= 0.6 is 0 Å². The van der Waals surface area contributed by atoms with Gasteiger partial charge in [0.05, 0.1) is 17.6 Å². The Morgan fingerprint density at radius 2 is 1.12 bits per heavy atom. The van der Waals surface area contributed by atoms with Crippen LogP contribution in [0.5, 0.6) is 0 Å². The number of furan rings is 1. The lowest BCUT2D eigenvalue weighted by Crippen LogP contribution is -2.16. The summed E-state index contributed by atoms with van der Waals surface area (Å²) in [5.41, 5.74) is 19.0. The molecule has 0 radical (unpaired) electrons. The van der Waals surface area contributed by atoms with Crippen molar-refractivity contribution < 1.29 is 4.42 Å². The van der Waals surface area contributed by atoms with Crippen molar-refractivity contribution in [1.82, 2.24) is 4.57 Å². The molecule has 10 rings (SSSR count). The molecule has 0 unspecified atom stereocenters. The highest BCUT2D eigenvalue weighted by molar-refractivity contribution is 6.13. The molecule has 2 aromatic heterocycles. The summed E-state index contributed by atoms with van der Waals surface area (Å²) >= 11 is 0. The van der Waals surface area contributed by atoms with Crippen LogP contribution in [-0.2, 0) is 6.54 Å². The van der Waals surface area contributed by atoms with Gasteiger partial charge in [-0.15, -0.1) is 0 Å². The van der Waals surface area contributed by atoms with Crippen LogP contribution in [-0.4, -0.2) is 16.2 Å². The largest absolute Gasteiger partial charge is 0.455 e. The van der Waals surface area contributed by atoms with Crippen molar-refractivity contribution in [1.29, 1.82) is 0 Å². The van der Waals surface area contributed by atoms with Crippen molar-refractivity contribution in [3.63, 3.8) is 0 Å². The quantitative estimate of drug-likeness (QED) is 0.132. The number of aromatic nitrogens is 1. The summed E-state index contributed by atoms with van der Waals surface area (Å²) in [4.78, 5) is 9.84. The molecule has 10 aromatic rings. The zero-order valence-corrected chi connectivity index (χ0v) is 30.5. The summed E-state index contributed by atoms with van der Waals surface area (Å²) in [7, 11) is 0. The zero-order chi connectivity index (χ0) is 37.4. The predicted octanol–water partition coefficient (Wildman–Crippen LogP) is 12.4. The first-order valence-corrected chi connectivity index (χ1v) is 18.8. The van der Waals surface area contributed by atoms with E-state index in [-0.39, 0.29) is 0 Å². The average Bonchev–Trinajstić information content (AvgIpc) is 3.81. The van der Waals surface area contributed by atoms with Crippen molar-refractivity contribution in [3.05, 3.63) is 211 Å². The molecule has 0 aliphatic rings. The van der Waals surface area contributed by atoms with Gasteiger partial charge in [0.25, 0.3) is 0 Å². The van der Waals surface area contributed by atoms with E-state index in [9.17, 15) is 0 Å². The molecule has 0 spiro atoms. The van der Waals surface area contributed by atoms with Gasteiger partial charge in [0.1, 0.15) is 17.0 Å². The summed E-state index contributed by atoms with van der Waals surface area (Å²) in [6.07, 6.45) is 0. The molecule has 5 nitrogen and oxygen atoms in total. The summed E-state index contributed by atoms with van der Waals surface area (Å²) in [6, 6.07) is 67.2. The van der Waals surface area contributed by atoms with Gasteiger partial charge in [0, 0.05) is 43.9 Å². The Morgan fingerprint density at radius 3 is 1.95 bits per heavy atom. The zero-order valence-electron chi connectivity index (χ0n) is 30.5. The fourth-order valence-corrected chi connectivity index (χ4v) is 7.85. The van der Waals surface area contributed by atoms with Gasteiger partial charge < -0.3 is 14.7 Å². The Morgan fingerprint density at radius 1 is 0.500 bits per heavy atom. The highest BCUT2D eigenvalue weighted by Gasteiger charge is 2.17. The van der Waals surface area contributed by atoms with E-state index in [4.69, 9.17) is 20.1 Å². The minimum atomic E-state index is 0.432. The summed E-state index contributed by atoms with van der Waals surface area (Å²) in [5, 5.41) is 4.67. The first-order valence-electron chi connectivity index (χ1n) is 18.8. The molecular weight excluding hydrogens is 685 g/mol. The summed E-state index contributed by atoms with van der Waals surface area (Å²) in [5.74, 6) is 1.03. The molecule has 0 saturated heterocycles. The molecule has 266 valence electrons. The topological polar surface area (TPSA) is 68.8 Å². The van der Waals surface area contributed by atoms with E-state index in [0.717, 1.165) is 77.6 Å². The first kappa shape index (κ1) is 33.1. The normalized spacial score (nSPS) is 12.3. The van der Waals surface area contributed by atoms with E-state index in [1.807, 2.05) is 72.8 Å². The molecule has 0 aliphatic heterocycles. The molecule has 0 bridgehead atoms. The molecule has 56 heavy (non-hydrogen) atoms. The molecule has 0 atom stereocenters. The molecular formula is C51H36N4O. The predicted molar refractivity (Wildman–Crippen MR) is 233 cm³/mol. The number of fused-ring (bicyclic) bond motifs is 6. The maximum atomic E-state index is 6.48. The maximum Gasteiger partial charge on any atom is 0.157 e. The summed E-state index contributed by atoms with van der Waals surface area (Å²) < 4.78 is 8.78. The Kier molecular flexibility index (Phi) is 8.30. The van der Waals surface area contributed by atoms with E-state index < -0.39 is 0 Å². The number of nitrogens with two attached hydrogens (primary N) is 1. The number of hydrogen-bond donors (Lipinski definition) is 1. The van der Waals surface area contributed by atoms with Crippen LogP contribution in [0.3, 0.4) is 0 Å². The van der Waals surface area contributed by atoms with Crippen molar-refractivity contribution in [2.24, 2.45) is 15.7 Å². The number of para-hydroxylation sites is 3. The number of rotatable bonds is 7. The SMILES string of the molecule is NC(=NC(=NCc1ccccc1-c1ccc(-n2c3ccccc3c3cc(-c4cccc5c4oc4ccccc45)ccc32)cc1)c1ccccc1)c1ccccc1. The van der Waals surface area contributed by atoms with Crippen LogP contribution in [0.1, 0.15) is 16.7 Å². The Bertz CT molecular complexity index is 3100. The van der Waals surface area contributed by atoms with E-state index >= 15 is 0 Å². The van der Waals surface area contributed by atoms with E-state index in [0.29, 0.717) is 18.2 Å². The van der Waals surface area contributed by atoms with Gasteiger partial charge in [0.2, 0.25) is 0 Å². The third kappa shape index (κ3) is 5.92. The lowest BCUT2D eigenvalue weighted by molar-refractivity contribution is 0.670. The third-order valence-corrected chi connectivity index (χ3v) is 10.6. The molecule has 5 heteroatoms. The number of hydrogen-bond acceptors (Lipinski definition) is 2. The van der Waals surface area contributed by atoms with Crippen LogP contribution in [0.15, 0.2) is 209 Å². The van der Waals surface area contributed by atoms with Gasteiger partial charge in [-0.1, -0.05) is 158 Å². The van der Waals surface area contributed by atoms with E-state index in [1.165, 1.54) is 10.8 Å². The standard InChI is InChI=1S/C51H36N4O/c52-50(35-14-3-1-4-15-35)54-51(36-16-5-2-6-17-36)53-33-38-18-7-8-19-40(38)34-26-29-39(30-27-34)55-46-24-11-9-20-42(46)45-32-37(28-31-47(45)55)41-22-13-23-44-43-21-10-12-25-48(43)56-49(41)44/h1-32H,33H2,(H2,52,53,54). The van der Waals surface area contributed by atoms with Crippen molar-refractivity contribution in [2.75, 3.05) is 0 Å². The van der Waals surface area contributed by atoms with Gasteiger partial charge >= 0.3 is 0 Å². The molecule has 2 heterocycles. The Labute approximate surface area is 324 Å². The first-order chi connectivity index (χ1) is 27.7. The Balaban J connectivity index is 1.01. The molecule has 0 aliphatic carbocycles. The second kappa shape index (κ2) is 14.0. The monoisotopic (exact) mass is 720 g/mol. The fraction of sp³-hybridized carbons (Fsp3) is 0.0196. The molecule has 2 N–H and O–H groups in total. The van der Waals surface area contributed by atoms with Gasteiger partial charge in [0.15, 0.2) is 5.84 Å². The van der Waals surface area contributed by atoms with Crippen molar-refractivity contribution in [2.45, 2.75) is 6.54 Å². The number of benzene rings is 8. The third-order valence-electron chi connectivity index (χ3n) is 10.6. The highest BCUT2D eigenvalue weighted by atomic mass is 16.3. The van der Waals surface area contributed by atoms with Gasteiger partial charge in [-0.2, -0.15) is 0 Å². The van der Waals surface area contributed by atoms with Gasteiger partial charge in [-0.25, -0.2) is 4.99 Å². The number of aliphatic imine (C=N–C) groups is 2. The van der Waals surface area contributed by atoms with Crippen LogP contribution < -0.4 is 5.73 Å². The van der Waals surface area contributed by atoms with Crippen LogP contribution in [0, 0.1) is 0 Å². The van der Waals surface area contributed by atoms with Crippen LogP contribution in [0.2, 0.25) is 0 Å². The molecule has 8 aromatic carbocycles. The lowest BCUT2D eigenvalue weighted by Gasteiger charge is -2.12. The number of amidine groups is 2. The smallest absolute Gasteiger partial charge is 0.157 e. The molecule has 0 amide bonds. The molecule has 0 fully saturated rings. The highest BCUT2D eigenvalue weighted by Crippen LogP contribution is 2.39. The second-order valence-electron chi connectivity index (χ2n) is 13.9. The van der Waals surface area contributed by atoms with Crippen molar-refractivity contribution in [3.8, 4) is 27.9 Å². The van der Waals surface area contributed by atoms with Crippen LogP contribution in [0.4, 0.5) is 0 Å². The second-order valence-corrected chi connectivity index (χ2v) is 13.9. The van der Waals surface area contributed by atoms with Gasteiger partial charge in [-0.3, -0.25) is 4.99 Å². The van der Waals surface area contributed by atoms with Gasteiger partial charge in [-0.05, 0) is 58.7 Å². The number of nitrogens with zero attached hydrogens (tertiary/aromatic N) is 3. The maximum absolute atomic E-state index is 6.48. The minimum Gasteiger partial charge on any atom is -0.455 e. The fourth-order valence-electron chi connectivity index (χ4n) is 7.85. The average molecular weight is 721 g/mol. The Hall–Kier alpha value is -7.50. The van der Waals surface area contributed by atoms with Crippen LogP contribution in [0.25, 0.3) is 71.7 Å². The van der Waals surface area contributed by atoms with Crippen molar-refractivity contribution >= 4 is 55.4 Å². The minimum absolute atomic E-state index is 0.432.